The third kappa shape index (κ3) is 7.26. The average Bonchev–Trinajstić information content (AvgIpc) is 2.54. The summed E-state index contributed by atoms with van der Waals surface area (Å²) < 4.78 is 25.3. The van der Waals surface area contributed by atoms with Crippen LogP contribution in [0.25, 0.3) is 0 Å². The molecule has 0 spiro atoms. The number of nitrogens with one attached hydrogen (secondary N) is 2. The quantitative estimate of drug-likeness (QED) is 0.691. The number of hydrogen-bond acceptors (Lipinski definition) is 4. The summed E-state index contributed by atoms with van der Waals surface area (Å²) in [6.07, 6.45) is -0.677. The minimum atomic E-state index is -0.677. The van der Waals surface area contributed by atoms with Crippen molar-refractivity contribution in [2.45, 2.75) is 26.4 Å². The second-order valence-electron chi connectivity index (χ2n) is 6.62. The highest BCUT2D eigenvalue weighted by Crippen LogP contribution is 2.21. The largest absolute Gasteiger partial charge is 0.484 e. The van der Waals surface area contributed by atoms with E-state index >= 15 is 0 Å². The first-order valence-electron chi connectivity index (χ1n) is 8.10. The molecule has 0 radical (unpaired) electrons. The van der Waals surface area contributed by atoms with Crippen LogP contribution in [0.15, 0.2) is 46.9 Å². The van der Waals surface area contributed by atoms with Crippen LogP contribution in [0.2, 0.25) is 0 Å². The summed E-state index contributed by atoms with van der Waals surface area (Å²) in [6.45, 7) is 4.90. The number of anilines is 2. The van der Waals surface area contributed by atoms with Gasteiger partial charge in [0.1, 0.15) is 17.2 Å². The maximum atomic E-state index is 13.9. The number of hydrogen-bond donors (Lipinski definition) is 2. The molecule has 2 aromatic carbocycles. The lowest BCUT2D eigenvalue weighted by atomic mass is 10.2. The molecule has 0 bridgehead atoms. The number of halogens is 2. The molecule has 0 aliphatic rings. The molecular formula is C19H20BrFN2O4. The predicted octanol–water partition coefficient (Wildman–Crippen LogP) is 4.95. The first kappa shape index (κ1) is 20.7. The first-order valence-corrected chi connectivity index (χ1v) is 8.89. The Morgan fingerprint density at radius 3 is 2.52 bits per heavy atom. The summed E-state index contributed by atoms with van der Waals surface area (Å²) in [5.74, 6) is -0.677. The van der Waals surface area contributed by atoms with Gasteiger partial charge >= 0.3 is 6.09 Å². The highest BCUT2D eigenvalue weighted by molar-refractivity contribution is 9.10. The van der Waals surface area contributed by atoms with E-state index in [0.717, 1.165) is 10.5 Å². The van der Waals surface area contributed by atoms with E-state index in [0.29, 0.717) is 5.75 Å². The Bertz CT molecular complexity index is 837. The zero-order valence-corrected chi connectivity index (χ0v) is 16.7. The van der Waals surface area contributed by atoms with Gasteiger partial charge in [0.2, 0.25) is 0 Å². The van der Waals surface area contributed by atoms with Gasteiger partial charge in [0.25, 0.3) is 5.91 Å². The van der Waals surface area contributed by atoms with Crippen LogP contribution < -0.4 is 15.4 Å². The molecule has 2 aromatic rings. The molecule has 144 valence electrons. The average molecular weight is 439 g/mol. The second-order valence-corrected chi connectivity index (χ2v) is 7.53. The molecule has 0 unspecified atom stereocenters. The maximum absolute atomic E-state index is 13.9. The van der Waals surface area contributed by atoms with Crippen LogP contribution in [0.3, 0.4) is 0 Å². The first-order chi connectivity index (χ1) is 12.6. The van der Waals surface area contributed by atoms with Crippen LogP contribution in [-0.2, 0) is 9.53 Å². The molecule has 8 heteroatoms. The van der Waals surface area contributed by atoms with Gasteiger partial charge in [-0.25, -0.2) is 9.18 Å². The van der Waals surface area contributed by atoms with E-state index in [9.17, 15) is 14.0 Å². The lowest BCUT2D eigenvalue weighted by Crippen LogP contribution is -2.27. The van der Waals surface area contributed by atoms with Crippen molar-refractivity contribution in [2.24, 2.45) is 0 Å². The van der Waals surface area contributed by atoms with E-state index in [1.54, 1.807) is 39.0 Å². The molecule has 0 aromatic heterocycles. The normalized spacial score (nSPS) is 10.9. The zero-order chi connectivity index (χ0) is 20.0. The standard InChI is InChI=1S/C19H20BrFN2O4/c1-19(2,3)27-18(25)22-13-7-8-15(21)16(10-13)23-17(24)11-26-14-6-4-5-12(20)9-14/h4-10H,11H2,1-3H3,(H,22,25)(H,23,24). The Morgan fingerprint density at radius 2 is 1.85 bits per heavy atom. The predicted molar refractivity (Wildman–Crippen MR) is 105 cm³/mol. The molecule has 6 nitrogen and oxygen atoms in total. The van der Waals surface area contributed by atoms with Gasteiger partial charge in [-0.3, -0.25) is 10.1 Å². The fraction of sp³-hybridized carbons (Fsp3) is 0.263. The third-order valence-electron chi connectivity index (χ3n) is 3.05. The SMILES string of the molecule is CC(C)(C)OC(=O)Nc1ccc(F)c(NC(=O)COc2cccc(Br)c2)c1. The third-order valence-corrected chi connectivity index (χ3v) is 3.54. The van der Waals surface area contributed by atoms with Gasteiger partial charge in [0, 0.05) is 10.2 Å². The van der Waals surface area contributed by atoms with Crippen molar-refractivity contribution in [1.29, 1.82) is 0 Å². The van der Waals surface area contributed by atoms with Crippen LogP contribution in [0.4, 0.5) is 20.6 Å². The number of benzene rings is 2. The van der Waals surface area contributed by atoms with E-state index < -0.39 is 23.4 Å². The summed E-state index contributed by atoms with van der Waals surface area (Å²) in [4.78, 5) is 23.8. The lowest BCUT2D eigenvalue weighted by molar-refractivity contribution is -0.118. The Hall–Kier alpha value is -2.61. The van der Waals surface area contributed by atoms with E-state index in [1.807, 2.05) is 6.07 Å². The molecule has 0 saturated heterocycles. The summed E-state index contributed by atoms with van der Waals surface area (Å²) in [5, 5.41) is 4.90. The highest BCUT2D eigenvalue weighted by atomic mass is 79.9. The molecule has 0 heterocycles. The molecule has 27 heavy (non-hydrogen) atoms. The maximum Gasteiger partial charge on any atom is 0.412 e. The van der Waals surface area contributed by atoms with Crippen LogP contribution in [-0.4, -0.2) is 24.2 Å². The highest BCUT2D eigenvalue weighted by Gasteiger charge is 2.17. The van der Waals surface area contributed by atoms with Gasteiger partial charge in [-0.2, -0.15) is 0 Å². The zero-order valence-electron chi connectivity index (χ0n) is 15.1. The smallest absolute Gasteiger partial charge is 0.412 e. The van der Waals surface area contributed by atoms with Gasteiger partial charge in [-0.05, 0) is 57.2 Å². The summed E-state index contributed by atoms with van der Waals surface area (Å²) in [5.41, 5.74) is -0.453. The number of rotatable bonds is 5. The number of carbonyl (C=O) groups excluding carboxylic acids is 2. The van der Waals surface area contributed by atoms with E-state index in [-0.39, 0.29) is 18.0 Å². The van der Waals surface area contributed by atoms with Gasteiger partial charge in [0.15, 0.2) is 6.61 Å². The van der Waals surface area contributed by atoms with Gasteiger partial charge < -0.3 is 14.8 Å². The van der Waals surface area contributed by atoms with Crippen molar-refractivity contribution in [3.05, 3.63) is 52.8 Å². The van der Waals surface area contributed by atoms with Crippen LogP contribution >= 0.6 is 15.9 Å². The number of carbonyl (C=O) groups is 2. The summed E-state index contributed by atoms with van der Waals surface area (Å²) in [6, 6.07) is 10.8. The molecule has 0 saturated carbocycles. The Labute approximate surface area is 165 Å². The molecule has 2 rings (SSSR count). The van der Waals surface area contributed by atoms with E-state index in [1.165, 1.54) is 12.1 Å². The molecule has 0 atom stereocenters. The van der Waals surface area contributed by atoms with E-state index in [4.69, 9.17) is 9.47 Å². The van der Waals surface area contributed by atoms with E-state index in [2.05, 4.69) is 26.6 Å². The van der Waals surface area contributed by atoms with Gasteiger partial charge in [-0.15, -0.1) is 0 Å². The molecule has 0 fully saturated rings. The molecule has 0 aliphatic carbocycles. The van der Waals surface area contributed by atoms with Crippen LogP contribution in [0.5, 0.6) is 5.75 Å². The van der Waals surface area contributed by atoms with Crippen molar-refractivity contribution < 1.29 is 23.5 Å². The van der Waals surface area contributed by atoms with Crippen molar-refractivity contribution >= 4 is 39.3 Å². The number of amides is 2. The summed E-state index contributed by atoms with van der Waals surface area (Å²) >= 11 is 3.30. The van der Waals surface area contributed by atoms with Gasteiger partial charge in [-0.1, -0.05) is 22.0 Å². The monoisotopic (exact) mass is 438 g/mol. The number of ether oxygens (including phenoxy) is 2. The lowest BCUT2D eigenvalue weighted by Gasteiger charge is -2.19. The molecule has 0 aliphatic heterocycles. The Morgan fingerprint density at radius 1 is 1.11 bits per heavy atom. The minimum absolute atomic E-state index is 0.0774. The van der Waals surface area contributed by atoms with Crippen LogP contribution in [0.1, 0.15) is 20.8 Å². The van der Waals surface area contributed by atoms with Gasteiger partial charge in [0.05, 0.1) is 5.69 Å². The van der Waals surface area contributed by atoms with Crippen LogP contribution in [0, 0.1) is 5.82 Å². The topological polar surface area (TPSA) is 76.7 Å². The second kappa shape index (κ2) is 8.85. The Balaban J connectivity index is 1.97. The van der Waals surface area contributed by atoms with Crippen molar-refractivity contribution in [2.75, 3.05) is 17.2 Å². The summed E-state index contributed by atoms with van der Waals surface area (Å²) in [7, 11) is 0. The van der Waals surface area contributed by atoms with Crippen molar-refractivity contribution in [3.8, 4) is 5.75 Å². The Kier molecular flexibility index (Phi) is 6.79. The van der Waals surface area contributed by atoms with Crippen molar-refractivity contribution in [3.63, 3.8) is 0 Å². The minimum Gasteiger partial charge on any atom is -0.484 e. The fourth-order valence-electron chi connectivity index (χ4n) is 2.01. The molecule has 2 amide bonds. The van der Waals surface area contributed by atoms with Crippen molar-refractivity contribution in [1.82, 2.24) is 0 Å². The fourth-order valence-corrected chi connectivity index (χ4v) is 2.39. The molecule has 2 N–H and O–H groups in total. The molecular weight excluding hydrogens is 419 g/mol.